The first-order chi connectivity index (χ1) is 15.0. The first-order valence-electron chi connectivity index (χ1n) is 11.1. The van der Waals surface area contributed by atoms with Gasteiger partial charge >= 0.3 is 0 Å². The summed E-state index contributed by atoms with van der Waals surface area (Å²) in [5.41, 5.74) is 1.60. The van der Waals surface area contributed by atoms with Crippen LogP contribution in [0.15, 0.2) is 28.7 Å². The molecule has 0 saturated heterocycles. The number of carbonyl (C=O) groups excluding carboxylic acids is 1. The fraction of sp³-hybridized carbons (Fsp3) is 0.609. The second-order valence-electron chi connectivity index (χ2n) is 9.69. The maximum atomic E-state index is 12.0. The SMILES string of the molecule is CN(C)CCCC(=O)Nc1ccc(-c2nnc(CSCCO[Si](C)(C)C(C)(C)C)o2)cc1. The molecule has 0 radical (unpaired) electrons. The van der Waals surface area contributed by atoms with E-state index in [-0.39, 0.29) is 10.9 Å². The lowest BCUT2D eigenvalue weighted by atomic mass is 10.2. The van der Waals surface area contributed by atoms with Gasteiger partial charge in [-0.25, -0.2) is 0 Å². The van der Waals surface area contributed by atoms with Crippen LogP contribution in [-0.4, -0.2) is 62.3 Å². The second kappa shape index (κ2) is 12.0. The normalized spacial score (nSPS) is 12.4. The van der Waals surface area contributed by atoms with Crippen molar-refractivity contribution in [1.29, 1.82) is 0 Å². The topological polar surface area (TPSA) is 80.5 Å². The number of hydrogen-bond donors (Lipinski definition) is 1. The average Bonchev–Trinajstić information content (AvgIpc) is 3.16. The van der Waals surface area contributed by atoms with Gasteiger partial charge in [-0.15, -0.1) is 22.0 Å². The number of thioether (sulfide) groups is 1. The quantitative estimate of drug-likeness (QED) is 0.329. The number of hydrogen-bond acceptors (Lipinski definition) is 7. The lowest BCUT2D eigenvalue weighted by Gasteiger charge is -2.36. The minimum Gasteiger partial charge on any atom is -0.420 e. The fourth-order valence-electron chi connectivity index (χ4n) is 2.64. The van der Waals surface area contributed by atoms with Crippen LogP contribution in [0.1, 0.15) is 39.5 Å². The van der Waals surface area contributed by atoms with Crippen LogP contribution in [0.5, 0.6) is 0 Å². The third kappa shape index (κ3) is 8.69. The minimum atomic E-state index is -1.69. The number of aromatic nitrogens is 2. The predicted octanol–water partition coefficient (Wildman–Crippen LogP) is 5.27. The summed E-state index contributed by atoms with van der Waals surface area (Å²) in [6.07, 6.45) is 1.34. The molecule has 9 heteroatoms. The molecule has 178 valence electrons. The van der Waals surface area contributed by atoms with Crippen LogP contribution in [0.3, 0.4) is 0 Å². The van der Waals surface area contributed by atoms with Gasteiger partial charge in [-0.3, -0.25) is 4.79 Å². The smallest absolute Gasteiger partial charge is 0.247 e. The minimum absolute atomic E-state index is 0.0224. The molecule has 0 aliphatic heterocycles. The second-order valence-corrected chi connectivity index (χ2v) is 15.6. The third-order valence-corrected chi connectivity index (χ3v) is 11.1. The van der Waals surface area contributed by atoms with Crippen LogP contribution in [0.4, 0.5) is 5.69 Å². The number of carbonyl (C=O) groups is 1. The average molecular weight is 479 g/mol. The van der Waals surface area contributed by atoms with Crippen LogP contribution in [0.2, 0.25) is 18.1 Å². The van der Waals surface area contributed by atoms with E-state index in [1.54, 1.807) is 11.8 Å². The Kier molecular flexibility index (Phi) is 9.94. The Labute approximate surface area is 197 Å². The number of rotatable bonds is 12. The Hall–Kier alpha value is -1.68. The van der Waals surface area contributed by atoms with Crippen molar-refractivity contribution in [2.45, 2.75) is 57.5 Å². The van der Waals surface area contributed by atoms with Crippen molar-refractivity contribution < 1.29 is 13.6 Å². The predicted molar refractivity (Wildman–Crippen MR) is 135 cm³/mol. The van der Waals surface area contributed by atoms with Crippen molar-refractivity contribution in [3.05, 3.63) is 30.2 Å². The molecular weight excluding hydrogens is 440 g/mol. The molecular formula is C23H38N4O3SSi. The molecule has 2 rings (SSSR count). The molecule has 1 aromatic heterocycles. The summed E-state index contributed by atoms with van der Waals surface area (Å²) in [7, 11) is 2.31. The zero-order valence-electron chi connectivity index (χ0n) is 20.5. The number of nitrogens with one attached hydrogen (secondary N) is 1. The first-order valence-corrected chi connectivity index (χ1v) is 15.1. The fourth-order valence-corrected chi connectivity index (χ4v) is 4.47. The number of anilines is 1. The lowest BCUT2D eigenvalue weighted by Crippen LogP contribution is -2.41. The van der Waals surface area contributed by atoms with Crippen LogP contribution < -0.4 is 5.32 Å². The molecule has 1 amide bonds. The van der Waals surface area contributed by atoms with Crippen molar-refractivity contribution in [2.24, 2.45) is 0 Å². The van der Waals surface area contributed by atoms with Gasteiger partial charge in [0.2, 0.25) is 17.7 Å². The third-order valence-electron chi connectivity index (χ3n) is 5.61. The number of benzene rings is 1. The van der Waals surface area contributed by atoms with Crippen LogP contribution in [-0.2, 0) is 15.0 Å². The first kappa shape index (κ1) is 26.6. The highest BCUT2D eigenvalue weighted by atomic mass is 32.2. The molecule has 0 aliphatic rings. The lowest BCUT2D eigenvalue weighted by molar-refractivity contribution is -0.116. The van der Waals surface area contributed by atoms with E-state index in [0.29, 0.717) is 24.0 Å². The van der Waals surface area contributed by atoms with Gasteiger partial charge in [0, 0.05) is 30.0 Å². The zero-order chi connectivity index (χ0) is 23.8. The Morgan fingerprint density at radius 3 is 2.50 bits per heavy atom. The van der Waals surface area contributed by atoms with E-state index in [4.69, 9.17) is 8.84 Å². The van der Waals surface area contributed by atoms with Crippen LogP contribution in [0.25, 0.3) is 11.5 Å². The van der Waals surface area contributed by atoms with E-state index in [0.717, 1.165) is 36.6 Å². The van der Waals surface area contributed by atoms with Gasteiger partial charge in [0.15, 0.2) is 8.32 Å². The van der Waals surface area contributed by atoms with Crippen LogP contribution >= 0.6 is 11.8 Å². The van der Waals surface area contributed by atoms with Gasteiger partial charge in [0.25, 0.3) is 0 Å². The number of nitrogens with zero attached hydrogens (tertiary/aromatic N) is 3. The van der Waals surface area contributed by atoms with Crippen molar-refractivity contribution in [3.63, 3.8) is 0 Å². The molecule has 7 nitrogen and oxygen atoms in total. The molecule has 0 atom stereocenters. The van der Waals surface area contributed by atoms with Gasteiger partial charge in [-0.05, 0) is 69.5 Å². The van der Waals surface area contributed by atoms with Crippen molar-refractivity contribution >= 4 is 31.7 Å². The maximum Gasteiger partial charge on any atom is 0.247 e. The zero-order valence-corrected chi connectivity index (χ0v) is 22.3. The summed E-state index contributed by atoms with van der Waals surface area (Å²) in [6, 6.07) is 7.48. The largest absolute Gasteiger partial charge is 0.420 e. The van der Waals surface area contributed by atoms with Gasteiger partial charge in [0.1, 0.15) is 0 Å². The molecule has 1 N–H and O–H groups in total. The summed E-state index contributed by atoms with van der Waals surface area (Å²) in [5.74, 6) is 2.68. The summed E-state index contributed by atoms with van der Waals surface area (Å²) in [4.78, 5) is 14.1. The van der Waals surface area contributed by atoms with E-state index in [1.807, 2.05) is 38.4 Å². The van der Waals surface area contributed by atoms with E-state index < -0.39 is 8.32 Å². The molecule has 1 aromatic carbocycles. The van der Waals surface area contributed by atoms with Gasteiger partial charge in [0.05, 0.1) is 5.75 Å². The molecule has 1 heterocycles. The van der Waals surface area contributed by atoms with Gasteiger partial charge in [-0.1, -0.05) is 20.8 Å². The molecule has 0 saturated carbocycles. The Bertz CT molecular complexity index is 848. The highest BCUT2D eigenvalue weighted by molar-refractivity contribution is 7.98. The molecule has 0 unspecified atom stereocenters. The van der Waals surface area contributed by atoms with E-state index >= 15 is 0 Å². The van der Waals surface area contributed by atoms with Gasteiger partial charge in [-0.2, -0.15) is 0 Å². The Morgan fingerprint density at radius 1 is 1.19 bits per heavy atom. The van der Waals surface area contributed by atoms with Gasteiger partial charge < -0.3 is 19.1 Å². The molecule has 2 aromatic rings. The summed E-state index contributed by atoms with van der Waals surface area (Å²) in [6.45, 7) is 12.9. The Morgan fingerprint density at radius 2 is 1.88 bits per heavy atom. The van der Waals surface area contributed by atoms with E-state index in [2.05, 4.69) is 54.3 Å². The molecule has 0 aliphatic carbocycles. The standard InChI is InChI=1S/C23H38N4O3SSi/c1-23(2,3)32(6,7)29-15-16-31-17-21-25-26-22(30-21)18-10-12-19(13-11-18)24-20(28)9-8-14-27(4)5/h10-13H,8-9,14-17H2,1-7H3,(H,24,28). The van der Waals surface area contributed by atoms with Crippen LogP contribution in [0, 0.1) is 0 Å². The number of amides is 1. The highest BCUT2D eigenvalue weighted by Crippen LogP contribution is 2.36. The van der Waals surface area contributed by atoms with Crippen molar-refractivity contribution in [1.82, 2.24) is 15.1 Å². The molecule has 0 spiro atoms. The van der Waals surface area contributed by atoms with Crippen molar-refractivity contribution in [2.75, 3.05) is 38.3 Å². The molecule has 0 bridgehead atoms. The monoisotopic (exact) mass is 478 g/mol. The summed E-state index contributed by atoms with van der Waals surface area (Å²) in [5, 5.41) is 11.5. The van der Waals surface area contributed by atoms with E-state index in [1.165, 1.54) is 0 Å². The highest BCUT2D eigenvalue weighted by Gasteiger charge is 2.36. The van der Waals surface area contributed by atoms with Crippen molar-refractivity contribution in [3.8, 4) is 11.5 Å². The molecule has 32 heavy (non-hydrogen) atoms. The Balaban J connectivity index is 1.76. The maximum absolute atomic E-state index is 12.0. The molecule has 0 fully saturated rings. The van der Waals surface area contributed by atoms with E-state index in [9.17, 15) is 4.79 Å². The summed E-state index contributed by atoms with van der Waals surface area (Å²) >= 11 is 1.73. The summed E-state index contributed by atoms with van der Waals surface area (Å²) < 4.78 is 12.0.